The highest BCUT2D eigenvalue weighted by atomic mass is 15.1. The number of rotatable bonds is 5. The number of aryl methyl sites for hydroxylation is 1. The highest BCUT2D eigenvalue weighted by Gasteiger charge is 2.14. The summed E-state index contributed by atoms with van der Waals surface area (Å²) in [6, 6.07) is 7.14. The van der Waals surface area contributed by atoms with E-state index in [0.717, 1.165) is 19.5 Å². The van der Waals surface area contributed by atoms with Crippen molar-refractivity contribution >= 4 is 0 Å². The number of nitrogens with two attached hydrogens (primary N) is 1. The van der Waals surface area contributed by atoms with E-state index in [1.165, 1.54) is 16.7 Å². The van der Waals surface area contributed by atoms with Crippen LogP contribution in [0.25, 0.3) is 0 Å². The normalized spacial score (nSPS) is 13.9. The van der Waals surface area contributed by atoms with Gasteiger partial charge in [0.15, 0.2) is 0 Å². The Bertz CT molecular complexity index is 402. The lowest BCUT2D eigenvalue weighted by Gasteiger charge is -2.22. The molecule has 19 heavy (non-hydrogen) atoms. The van der Waals surface area contributed by atoms with E-state index in [0.29, 0.717) is 0 Å². The monoisotopic (exact) mass is 262 g/mol. The van der Waals surface area contributed by atoms with Crippen LogP contribution in [-0.4, -0.2) is 31.1 Å². The third kappa shape index (κ3) is 5.33. The third-order valence-electron chi connectivity index (χ3n) is 3.57. The summed E-state index contributed by atoms with van der Waals surface area (Å²) in [5.74, 6) is 0. The molecule has 0 spiro atoms. The molecule has 1 rings (SSSR count). The molecule has 0 fully saturated rings. The minimum Gasteiger partial charge on any atom is -0.327 e. The van der Waals surface area contributed by atoms with E-state index >= 15 is 0 Å². The van der Waals surface area contributed by atoms with Crippen LogP contribution in [0.4, 0.5) is 0 Å². The van der Waals surface area contributed by atoms with Gasteiger partial charge in [-0.15, -0.1) is 0 Å². The fourth-order valence-electron chi connectivity index (χ4n) is 2.34. The van der Waals surface area contributed by atoms with Crippen molar-refractivity contribution in [1.29, 1.82) is 0 Å². The number of benzene rings is 1. The molecule has 1 atom stereocenters. The maximum absolute atomic E-state index is 5.82. The van der Waals surface area contributed by atoms with E-state index in [1.807, 2.05) is 0 Å². The Labute approximate surface area is 119 Å². The van der Waals surface area contributed by atoms with E-state index < -0.39 is 0 Å². The minimum absolute atomic E-state index is 0.231. The molecule has 1 aromatic carbocycles. The Kier molecular flexibility index (Phi) is 5.57. The van der Waals surface area contributed by atoms with Crippen LogP contribution in [0.15, 0.2) is 18.2 Å². The van der Waals surface area contributed by atoms with E-state index in [4.69, 9.17) is 5.73 Å². The molecule has 0 aliphatic rings. The van der Waals surface area contributed by atoms with Crippen molar-refractivity contribution in [3.8, 4) is 0 Å². The molecule has 0 radical (unpaired) electrons. The van der Waals surface area contributed by atoms with Gasteiger partial charge < -0.3 is 10.6 Å². The second-order valence-electron chi connectivity index (χ2n) is 6.88. The maximum atomic E-state index is 5.82. The van der Waals surface area contributed by atoms with Gasteiger partial charge in [-0.05, 0) is 49.4 Å². The van der Waals surface area contributed by atoms with Crippen LogP contribution >= 0.6 is 0 Å². The van der Waals surface area contributed by atoms with Crippen LogP contribution in [0, 0.1) is 6.92 Å². The maximum Gasteiger partial charge on any atom is 0.0139 e. The molecule has 0 aliphatic carbocycles. The first-order chi connectivity index (χ1) is 8.70. The third-order valence-corrected chi connectivity index (χ3v) is 3.57. The summed E-state index contributed by atoms with van der Waals surface area (Å²) in [7, 11) is 2.14. The van der Waals surface area contributed by atoms with Gasteiger partial charge in [0, 0.05) is 19.1 Å². The van der Waals surface area contributed by atoms with E-state index in [2.05, 4.69) is 64.8 Å². The zero-order valence-corrected chi connectivity index (χ0v) is 13.5. The zero-order valence-electron chi connectivity index (χ0n) is 13.5. The minimum atomic E-state index is 0.231. The second kappa shape index (κ2) is 6.53. The van der Waals surface area contributed by atoms with Crippen molar-refractivity contribution in [2.45, 2.75) is 52.5 Å². The van der Waals surface area contributed by atoms with Gasteiger partial charge in [0.05, 0.1) is 0 Å². The largest absolute Gasteiger partial charge is 0.327 e. The summed E-state index contributed by atoms with van der Waals surface area (Å²) < 4.78 is 0. The van der Waals surface area contributed by atoms with Crippen molar-refractivity contribution in [2.75, 3.05) is 20.1 Å². The molecule has 2 heteroatoms. The Balaban J connectivity index is 2.66. The lowest BCUT2D eigenvalue weighted by Crippen LogP contribution is -2.34. The summed E-state index contributed by atoms with van der Waals surface area (Å²) in [5, 5.41) is 0. The van der Waals surface area contributed by atoms with Gasteiger partial charge in [0.1, 0.15) is 0 Å². The molecule has 1 unspecified atom stereocenters. The average molecular weight is 262 g/mol. The Morgan fingerprint density at radius 2 is 1.89 bits per heavy atom. The summed E-state index contributed by atoms with van der Waals surface area (Å²) in [6.07, 6.45) is 1.10. The van der Waals surface area contributed by atoms with Crippen molar-refractivity contribution in [3.63, 3.8) is 0 Å². The fraction of sp³-hybridized carbons (Fsp3) is 0.647. The quantitative estimate of drug-likeness (QED) is 0.883. The predicted molar refractivity (Wildman–Crippen MR) is 84.7 cm³/mol. The van der Waals surface area contributed by atoms with Crippen LogP contribution in [0.1, 0.15) is 44.4 Å². The SMILES string of the molecule is Cc1cc(C(C)(C)C)ccc1CCN(C)CC(C)N. The highest BCUT2D eigenvalue weighted by molar-refractivity contribution is 5.34. The van der Waals surface area contributed by atoms with Crippen molar-refractivity contribution in [3.05, 3.63) is 34.9 Å². The summed E-state index contributed by atoms with van der Waals surface area (Å²) in [5.41, 5.74) is 10.3. The second-order valence-corrected chi connectivity index (χ2v) is 6.88. The molecule has 1 aromatic rings. The van der Waals surface area contributed by atoms with Crippen LogP contribution in [0.5, 0.6) is 0 Å². The van der Waals surface area contributed by atoms with Gasteiger partial charge in [-0.2, -0.15) is 0 Å². The number of hydrogen-bond acceptors (Lipinski definition) is 2. The Morgan fingerprint density at radius 1 is 1.26 bits per heavy atom. The zero-order chi connectivity index (χ0) is 14.6. The first-order valence-corrected chi connectivity index (χ1v) is 7.24. The van der Waals surface area contributed by atoms with Crippen molar-refractivity contribution < 1.29 is 0 Å². The van der Waals surface area contributed by atoms with Gasteiger partial charge in [0.25, 0.3) is 0 Å². The smallest absolute Gasteiger partial charge is 0.0139 e. The molecular formula is C17H30N2. The molecule has 0 saturated heterocycles. The first kappa shape index (κ1) is 16.2. The molecule has 0 amide bonds. The van der Waals surface area contributed by atoms with E-state index in [-0.39, 0.29) is 11.5 Å². The van der Waals surface area contributed by atoms with Crippen LogP contribution < -0.4 is 5.73 Å². The predicted octanol–water partition coefficient (Wildman–Crippen LogP) is 3.11. The van der Waals surface area contributed by atoms with Gasteiger partial charge >= 0.3 is 0 Å². The molecular weight excluding hydrogens is 232 g/mol. The van der Waals surface area contributed by atoms with Gasteiger partial charge in [0.2, 0.25) is 0 Å². The first-order valence-electron chi connectivity index (χ1n) is 7.24. The molecule has 0 saturated carbocycles. The highest BCUT2D eigenvalue weighted by Crippen LogP contribution is 2.24. The lowest BCUT2D eigenvalue weighted by molar-refractivity contribution is 0.321. The van der Waals surface area contributed by atoms with Crippen LogP contribution in [0.3, 0.4) is 0 Å². The average Bonchev–Trinajstić information content (AvgIpc) is 2.25. The van der Waals surface area contributed by atoms with Crippen molar-refractivity contribution in [1.82, 2.24) is 4.90 Å². The van der Waals surface area contributed by atoms with Gasteiger partial charge in [-0.1, -0.05) is 39.0 Å². The number of likely N-dealkylation sites (N-methyl/N-ethyl adjacent to an activating group) is 1. The Morgan fingerprint density at radius 3 is 2.37 bits per heavy atom. The fourth-order valence-corrected chi connectivity index (χ4v) is 2.34. The van der Waals surface area contributed by atoms with Gasteiger partial charge in [-0.3, -0.25) is 0 Å². The van der Waals surface area contributed by atoms with E-state index in [1.54, 1.807) is 0 Å². The molecule has 0 bridgehead atoms. The van der Waals surface area contributed by atoms with Crippen LogP contribution in [-0.2, 0) is 11.8 Å². The molecule has 0 heterocycles. The lowest BCUT2D eigenvalue weighted by atomic mass is 9.85. The van der Waals surface area contributed by atoms with Crippen molar-refractivity contribution in [2.24, 2.45) is 5.73 Å². The summed E-state index contributed by atoms with van der Waals surface area (Å²) in [4.78, 5) is 2.31. The Hall–Kier alpha value is -0.860. The number of nitrogens with zero attached hydrogens (tertiary/aromatic N) is 1. The van der Waals surface area contributed by atoms with Gasteiger partial charge in [-0.25, -0.2) is 0 Å². The summed E-state index contributed by atoms with van der Waals surface area (Å²) in [6.45, 7) is 13.1. The number of hydrogen-bond donors (Lipinski definition) is 1. The van der Waals surface area contributed by atoms with Crippen LogP contribution in [0.2, 0.25) is 0 Å². The molecule has 0 aromatic heterocycles. The van der Waals surface area contributed by atoms with E-state index in [9.17, 15) is 0 Å². The molecule has 2 nitrogen and oxygen atoms in total. The summed E-state index contributed by atoms with van der Waals surface area (Å²) >= 11 is 0. The molecule has 108 valence electrons. The molecule has 0 aliphatic heterocycles. The molecule has 2 N–H and O–H groups in total. The topological polar surface area (TPSA) is 29.3 Å². The standard InChI is InChI=1S/C17H30N2/c1-13-11-16(17(3,4)5)8-7-15(13)9-10-19(6)12-14(2)18/h7-8,11,14H,9-10,12,18H2,1-6H3.